The van der Waals surface area contributed by atoms with Crippen LogP contribution in [0.15, 0.2) is 53.5 Å². The average molecular weight is 814 g/mol. The van der Waals surface area contributed by atoms with Crippen LogP contribution in [0.25, 0.3) is 5.00 Å². The fourth-order valence-corrected chi connectivity index (χ4v) is 8.46. The standard InChI is InChI=1S/C40H44ClN9O4S2/c1-22-24(3)55-39-35(22)36(27-15-17-28(41)18-16-27)46-31(37-49-48-26(5)50(37)39)21-34(53)43-20-19-42-32(51)13-7-6-8-14-33(52)45-30-12-10-9-11-29(30)38(54)47-40-44-23(2)25(4)56-40/h9-12,15-18,31H,6-8,13-14,19-21H2,1-5H3,(H,42,51)(H,43,53)(H,45,52)(H,44,47,54)/t31-/m0/s1. The maximum atomic E-state index is 13.2. The van der Waals surface area contributed by atoms with Gasteiger partial charge in [-0.2, -0.15) is 0 Å². The third-order valence-corrected chi connectivity index (χ3v) is 11.9. The number of aliphatic imine (C=N–C) groups is 1. The smallest absolute Gasteiger partial charge is 0.259 e. The number of rotatable bonds is 15. The average Bonchev–Trinajstić information content (AvgIpc) is 3.77. The van der Waals surface area contributed by atoms with E-state index in [0.717, 1.165) is 42.9 Å². The third-order valence-electron chi connectivity index (χ3n) is 9.51. The Labute approximate surface area is 338 Å². The summed E-state index contributed by atoms with van der Waals surface area (Å²) in [5.74, 6) is 0.405. The summed E-state index contributed by atoms with van der Waals surface area (Å²) < 4.78 is 2.00. The van der Waals surface area contributed by atoms with Crippen LogP contribution in [-0.2, 0) is 14.4 Å². The third kappa shape index (κ3) is 9.57. The number of carbonyl (C=O) groups excluding carboxylic acids is 4. The van der Waals surface area contributed by atoms with E-state index >= 15 is 0 Å². The van der Waals surface area contributed by atoms with Crippen LogP contribution in [0.2, 0.25) is 5.02 Å². The normalized spacial score (nSPS) is 13.2. The van der Waals surface area contributed by atoms with Gasteiger partial charge in [-0.1, -0.05) is 42.3 Å². The number of unbranched alkanes of at least 4 members (excludes halogenated alkanes) is 2. The second-order valence-corrected chi connectivity index (χ2v) is 16.4. The Morgan fingerprint density at radius 2 is 1.48 bits per heavy atom. The Hall–Kier alpha value is -5.25. The molecule has 5 aromatic rings. The molecule has 0 bridgehead atoms. The number of benzene rings is 2. The summed E-state index contributed by atoms with van der Waals surface area (Å²) in [6, 6.07) is 13.8. The van der Waals surface area contributed by atoms with Crippen LogP contribution < -0.4 is 21.3 Å². The van der Waals surface area contributed by atoms with Crippen molar-refractivity contribution < 1.29 is 19.2 Å². The number of nitrogens with one attached hydrogen (secondary N) is 4. The van der Waals surface area contributed by atoms with Crippen molar-refractivity contribution in [3.05, 3.63) is 103 Å². The summed E-state index contributed by atoms with van der Waals surface area (Å²) in [5, 5.41) is 22.3. The molecule has 4 heterocycles. The molecule has 56 heavy (non-hydrogen) atoms. The van der Waals surface area contributed by atoms with E-state index in [1.807, 2.05) is 49.6 Å². The lowest BCUT2D eigenvalue weighted by molar-refractivity contribution is -0.123. The van der Waals surface area contributed by atoms with E-state index in [-0.39, 0.29) is 49.6 Å². The highest BCUT2D eigenvalue weighted by molar-refractivity contribution is 7.16. The van der Waals surface area contributed by atoms with Gasteiger partial charge in [-0.3, -0.25) is 34.1 Å². The van der Waals surface area contributed by atoms with Gasteiger partial charge in [-0.15, -0.1) is 32.9 Å². The van der Waals surface area contributed by atoms with Crippen LogP contribution in [0.4, 0.5) is 10.8 Å². The molecule has 13 nitrogen and oxygen atoms in total. The van der Waals surface area contributed by atoms with Gasteiger partial charge in [-0.05, 0) is 77.3 Å². The number of amides is 4. The minimum Gasteiger partial charge on any atom is -0.354 e. The van der Waals surface area contributed by atoms with E-state index in [9.17, 15) is 19.2 Å². The quantitative estimate of drug-likeness (QED) is 0.0801. The van der Waals surface area contributed by atoms with Crippen molar-refractivity contribution in [2.45, 2.75) is 79.2 Å². The Balaban J connectivity index is 0.933. The SMILES string of the molecule is Cc1nc(NC(=O)c2ccccc2NC(=O)CCCCCC(=O)NCCNC(=O)C[C@@H]2N=C(c3ccc(Cl)cc3)c3c(sc(C)c3C)-n3c(C)nnc32)sc1C. The van der Waals surface area contributed by atoms with E-state index in [1.54, 1.807) is 35.6 Å². The highest BCUT2D eigenvalue weighted by Crippen LogP contribution is 2.39. The van der Waals surface area contributed by atoms with E-state index in [2.05, 4.69) is 50.3 Å². The Bertz CT molecular complexity index is 2270. The van der Waals surface area contributed by atoms with Crippen molar-refractivity contribution in [3.8, 4) is 5.00 Å². The lowest BCUT2D eigenvalue weighted by atomic mass is 9.99. The number of para-hydroxylation sites is 1. The molecule has 1 atom stereocenters. The van der Waals surface area contributed by atoms with Crippen molar-refractivity contribution in [1.82, 2.24) is 30.4 Å². The van der Waals surface area contributed by atoms with Crippen molar-refractivity contribution in [2.24, 2.45) is 4.99 Å². The van der Waals surface area contributed by atoms with Gasteiger partial charge in [0, 0.05) is 51.8 Å². The lowest BCUT2D eigenvalue weighted by Gasteiger charge is -2.13. The van der Waals surface area contributed by atoms with Gasteiger partial charge in [0.2, 0.25) is 17.7 Å². The van der Waals surface area contributed by atoms with Gasteiger partial charge < -0.3 is 16.0 Å². The summed E-state index contributed by atoms with van der Waals surface area (Å²) in [4.78, 5) is 63.0. The molecule has 0 spiro atoms. The molecule has 2 aromatic carbocycles. The number of hydrogen-bond donors (Lipinski definition) is 4. The van der Waals surface area contributed by atoms with Gasteiger partial charge in [0.1, 0.15) is 16.9 Å². The van der Waals surface area contributed by atoms with Crippen LogP contribution in [-0.4, -0.2) is 62.2 Å². The molecular weight excluding hydrogens is 770 g/mol. The number of aryl methyl sites for hydroxylation is 4. The molecule has 3 aromatic heterocycles. The van der Waals surface area contributed by atoms with E-state index < -0.39 is 6.04 Å². The van der Waals surface area contributed by atoms with Crippen LogP contribution in [0.3, 0.4) is 0 Å². The summed E-state index contributed by atoms with van der Waals surface area (Å²) >= 11 is 9.26. The monoisotopic (exact) mass is 813 g/mol. The number of anilines is 2. The summed E-state index contributed by atoms with van der Waals surface area (Å²) in [7, 11) is 0. The van der Waals surface area contributed by atoms with Gasteiger partial charge in [-0.25, -0.2) is 4.98 Å². The minimum atomic E-state index is -0.588. The number of hydrogen-bond acceptors (Lipinski definition) is 10. The number of thiophene rings is 1. The number of thiazole rings is 1. The number of fused-ring (bicyclic) bond motifs is 3. The molecule has 292 valence electrons. The van der Waals surface area contributed by atoms with Gasteiger partial charge in [0.15, 0.2) is 11.0 Å². The molecule has 1 aliphatic heterocycles. The molecular formula is C40H44ClN9O4S2. The maximum Gasteiger partial charge on any atom is 0.259 e. The summed E-state index contributed by atoms with van der Waals surface area (Å²) in [6.45, 7) is 10.4. The molecule has 0 saturated carbocycles. The first-order chi connectivity index (χ1) is 26.9. The minimum absolute atomic E-state index is 0.0502. The molecule has 0 saturated heterocycles. The van der Waals surface area contributed by atoms with Crippen LogP contribution in [0.5, 0.6) is 0 Å². The number of aromatic nitrogens is 4. The molecule has 0 fully saturated rings. The van der Waals surface area contributed by atoms with Gasteiger partial charge >= 0.3 is 0 Å². The molecule has 6 rings (SSSR count). The van der Waals surface area contributed by atoms with Gasteiger partial charge in [0.25, 0.3) is 5.91 Å². The molecule has 4 N–H and O–H groups in total. The number of nitrogens with zero attached hydrogens (tertiary/aromatic N) is 5. The topological polar surface area (TPSA) is 172 Å². The zero-order valence-electron chi connectivity index (χ0n) is 31.9. The molecule has 0 radical (unpaired) electrons. The first kappa shape index (κ1) is 40.4. The van der Waals surface area contributed by atoms with Gasteiger partial charge in [0.05, 0.1) is 29.1 Å². The highest BCUT2D eigenvalue weighted by Gasteiger charge is 2.32. The fourth-order valence-electron chi connectivity index (χ4n) is 6.31. The predicted molar refractivity (Wildman–Crippen MR) is 222 cm³/mol. The highest BCUT2D eigenvalue weighted by atomic mass is 35.5. The van der Waals surface area contributed by atoms with Crippen molar-refractivity contribution in [1.29, 1.82) is 0 Å². The largest absolute Gasteiger partial charge is 0.354 e. The van der Waals surface area contributed by atoms with Crippen molar-refractivity contribution >= 4 is 74.4 Å². The fraction of sp³-hybridized carbons (Fsp3) is 0.350. The van der Waals surface area contributed by atoms with Crippen LogP contribution in [0.1, 0.15) is 98.7 Å². The van der Waals surface area contributed by atoms with Crippen LogP contribution in [0, 0.1) is 34.6 Å². The predicted octanol–water partition coefficient (Wildman–Crippen LogP) is 7.34. The van der Waals surface area contributed by atoms with E-state index in [0.29, 0.717) is 58.7 Å². The van der Waals surface area contributed by atoms with Crippen molar-refractivity contribution in [2.75, 3.05) is 23.7 Å². The Kier molecular flexibility index (Phi) is 13.1. The zero-order chi connectivity index (χ0) is 39.9. The summed E-state index contributed by atoms with van der Waals surface area (Å²) in [5.41, 5.74) is 5.41. The second kappa shape index (κ2) is 18.1. The summed E-state index contributed by atoms with van der Waals surface area (Å²) in [6.07, 6.45) is 2.48. The first-order valence-electron chi connectivity index (χ1n) is 18.4. The first-order valence-corrected chi connectivity index (χ1v) is 20.4. The van der Waals surface area contributed by atoms with E-state index in [4.69, 9.17) is 16.6 Å². The zero-order valence-corrected chi connectivity index (χ0v) is 34.3. The molecule has 0 aliphatic carbocycles. The van der Waals surface area contributed by atoms with Crippen LogP contribution >= 0.6 is 34.3 Å². The molecule has 16 heteroatoms. The number of carbonyl (C=O) groups is 4. The molecule has 1 aliphatic rings. The lowest BCUT2D eigenvalue weighted by Crippen LogP contribution is -2.35. The number of halogens is 1. The van der Waals surface area contributed by atoms with E-state index in [1.165, 1.54) is 11.3 Å². The van der Waals surface area contributed by atoms with Crippen molar-refractivity contribution in [3.63, 3.8) is 0 Å². The Morgan fingerprint density at radius 1 is 0.786 bits per heavy atom. The maximum absolute atomic E-state index is 13.2. The Morgan fingerprint density at radius 3 is 2.20 bits per heavy atom. The molecule has 4 amide bonds. The molecule has 0 unspecified atom stereocenters. The second-order valence-electron chi connectivity index (χ2n) is 13.6.